The van der Waals surface area contributed by atoms with Crippen molar-refractivity contribution in [1.82, 2.24) is 10.2 Å². The molecule has 2 amide bonds. The Labute approximate surface area is 172 Å². The van der Waals surface area contributed by atoms with Crippen molar-refractivity contribution in [3.63, 3.8) is 0 Å². The van der Waals surface area contributed by atoms with E-state index in [1.165, 1.54) is 29.7 Å². The van der Waals surface area contributed by atoms with Crippen molar-refractivity contribution in [3.8, 4) is 0 Å². The van der Waals surface area contributed by atoms with Gasteiger partial charge in [-0.15, -0.1) is 11.3 Å². The fraction of sp³-hybridized carbons (Fsp3) is 0.273. The SMILES string of the molecule is O=C(N[C@H](c1ccc(F)cc1)c1cccs1)[C@H]1CCCN(C(=O)c2ccco2)C1. The maximum absolute atomic E-state index is 13.4. The van der Waals surface area contributed by atoms with Crippen LogP contribution in [0.25, 0.3) is 0 Å². The molecule has 1 aliphatic heterocycles. The van der Waals surface area contributed by atoms with Crippen LogP contribution >= 0.6 is 11.3 Å². The highest BCUT2D eigenvalue weighted by molar-refractivity contribution is 7.10. The van der Waals surface area contributed by atoms with Gasteiger partial charge in [0.1, 0.15) is 5.82 Å². The van der Waals surface area contributed by atoms with Crippen molar-refractivity contribution >= 4 is 23.2 Å². The van der Waals surface area contributed by atoms with Crippen LogP contribution in [0.4, 0.5) is 4.39 Å². The fourth-order valence-electron chi connectivity index (χ4n) is 3.62. The molecule has 1 aromatic carbocycles. The molecule has 29 heavy (non-hydrogen) atoms. The molecule has 7 heteroatoms. The minimum absolute atomic E-state index is 0.107. The highest BCUT2D eigenvalue weighted by Gasteiger charge is 2.31. The minimum atomic E-state index is -0.348. The number of likely N-dealkylation sites (tertiary alicyclic amines) is 1. The van der Waals surface area contributed by atoms with Gasteiger partial charge in [0, 0.05) is 18.0 Å². The Morgan fingerprint density at radius 3 is 2.69 bits per heavy atom. The molecule has 3 heterocycles. The third kappa shape index (κ3) is 4.40. The van der Waals surface area contributed by atoms with Crippen molar-refractivity contribution in [1.29, 1.82) is 0 Å². The Morgan fingerprint density at radius 1 is 1.17 bits per heavy atom. The van der Waals surface area contributed by atoms with Crippen LogP contribution in [0.2, 0.25) is 0 Å². The number of nitrogens with one attached hydrogen (secondary N) is 1. The summed E-state index contributed by atoms with van der Waals surface area (Å²) in [6.45, 7) is 0.960. The second-order valence-electron chi connectivity index (χ2n) is 7.08. The second kappa shape index (κ2) is 8.61. The van der Waals surface area contributed by atoms with Crippen LogP contribution in [0.5, 0.6) is 0 Å². The summed E-state index contributed by atoms with van der Waals surface area (Å²) in [5, 5.41) is 5.05. The lowest BCUT2D eigenvalue weighted by Gasteiger charge is -2.32. The highest BCUT2D eigenvalue weighted by Crippen LogP contribution is 2.28. The number of thiophene rings is 1. The van der Waals surface area contributed by atoms with Gasteiger partial charge in [-0.2, -0.15) is 0 Å². The predicted molar refractivity (Wildman–Crippen MR) is 108 cm³/mol. The molecule has 1 N–H and O–H groups in total. The zero-order chi connectivity index (χ0) is 20.2. The van der Waals surface area contributed by atoms with Crippen LogP contribution in [0.3, 0.4) is 0 Å². The van der Waals surface area contributed by atoms with Crippen molar-refractivity contribution in [2.45, 2.75) is 18.9 Å². The Morgan fingerprint density at radius 2 is 2.00 bits per heavy atom. The maximum Gasteiger partial charge on any atom is 0.289 e. The summed E-state index contributed by atoms with van der Waals surface area (Å²) in [4.78, 5) is 28.3. The van der Waals surface area contributed by atoms with Crippen molar-refractivity contribution in [3.05, 3.63) is 82.2 Å². The number of carbonyl (C=O) groups is 2. The molecule has 3 aromatic rings. The summed E-state index contributed by atoms with van der Waals surface area (Å²) in [5.41, 5.74) is 0.821. The smallest absolute Gasteiger partial charge is 0.289 e. The Bertz CT molecular complexity index is 955. The van der Waals surface area contributed by atoms with Crippen LogP contribution in [-0.4, -0.2) is 29.8 Å². The molecule has 2 aromatic heterocycles. The van der Waals surface area contributed by atoms with E-state index in [1.807, 2.05) is 17.5 Å². The first-order valence-corrected chi connectivity index (χ1v) is 10.4. The summed E-state index contributed by atoms with van der Waals surface area (Å²) in [5.74, 6) is -0.630. The van der Waals surface area contributed by atoms with E-state index in [-0.39, 0.29) is 35.4 Å². The molecule has 0 bridgehead atoms. The monoisotopic (exact) mass is 412 g/mol. The van der Waals surface area contributed by atoms with Gasteiger partial charge < -0.3 is 14.6 Å². The summed E-state index contributed by atoms with van der Waals surface area (Å²) in [7, 11) is 0. The number of furan rings is 1. The standard InChI is InChI=1S/C22H21FN2O3S/c23-17-9-7-15(8-10-17)20(19-6-3-13-29-19)24-21(26)16-4-1-11-25(14-16)22(27)18-5-2-12-28-18/h2-3,5-10,12-13,16,20H,1,4,11,14H2,(H,24,26)/t16-,20+/m0/s1. The predicted octanol–water partition coefficient (Wildman–Crippen LogP) is 4.24. The zero-order valence-corrected chi connectivity index (χ0v) is 16.5. The summed E-state index contributed by atoms with van der Waals surface area (Å²) in [6.07, 6.45) is 2.94. The molecule has 0 radical (unpaired) electrons. The number of carbonyl (C=O) groups excluding carboxylic acids is 2. The topological polar surface area (TPSA) is 62.6 Å². The fourth-order valence-corrected chi connectivity index (χ4v) is 4.42. The van der Waals surface area contributed by atoms with Gasteiger partial charge in [0.2, 0.25) is 5.91 Å². The normalized spacial score (nSPS) is 17.7. The first-order valence-electron chi connectivity index (χ1n) is 9.54. The molecule has 1 fully saturated rings. The van der Waals surface area contributed by atoms with Crippen molar-refractivity contribution in [2.75, 3.05) is 13.1 Å². The molecule has 150 valence electrons. The average molecular weight is 412 g/mol. The van der Waals surface area contributed by atoms with E-state index in [2.05, 4.69) is 5.32 Å². The molecule has 1 saturated heterocycles. The molecular weight excluding hydrogens is 391 g/mol. The number of hydrogen-bond donors (Lipinski definition) is 1. The zero-order valence-electron chi connectivity index (χ0n) is 15.7. The lowest BCUT2D eigenvalue weighted by molar-refractivity contribution is -0.126. The van der Waals surface area contributed by atoms with Gasteiger partial charge >= 0.3 is 0 Å². The van der Waals surface area contributed by atoms with Gasteiger partial charge in [-0.3, -0.25) is 9.59 Å². The van der Waals surface area contributed by atoms with Crippen LogP contribution in [0.15, 0.2) is 64.6 Å². The number of piperidine rings is 1. The molecule has 2 atom stereocenters. The molecule has 0 unspecified atom stereocenters. The molecule has 4 rings (SSSR count). The third-order valence-electron chi connectivity index (χ3n) is 5.13. The number of nitrogens with zero attached hydrogens (tertiary/aromatic N) is 1. The second-order valence-corrected chi connectivity index (χ2v) is 8.06. The van der Waals surface area contributed by atoms with Gasteiger partial charge in [-0.05, 0) is 54.1 Å². The molecular formula is C22H21FN2O3S. The van der Waals surface area contributed by atoms with E-state index < -0.39 is 0 Å². The third-order valence-corrected chi connectivity index (χ3v) is 6.07. The van der Waals surface area contributed by atoms with Gasteiger partial charge in [0.05, 0.1) is 18.2 Å². The number of rotatable bonds is 5. The molecule has 0 spiro atoms. The summed E-state index contributed by atoms with van der Waals surface area (Å²) < 4.78 is 18.6. The lowest BCUT2D eigenvalue weighted by Crippen LogP contribution is -2.46. The summed E-state index contributed by atoms with van der Waals surface area (Å²) >= 11 is 1.54. The van der Waals surface area contributed by atoms with Crippen molar-refractivity contribution < 1.29 is 18.4 Å². The van der Waals surface area contributed by atoms with Gasteiger partial charge in [-0.25, -0.2) is 4.39 Å². The minimum Gasteiger partial charge on any atom is -0.459 e. The van der Waals surface area contributed by atoms with Gasteiger partial charge in [0.15, 0.2) is 5.76 Å². The molecule has 5 nitrogen and oxygen atoms in total. The molecule has 0 aliphatic carbocycles. The number of halogens is 1. The van der Waals surface area contributed by atoms with E-state index in [9.17, 15) is 14.0 Å². The summed E-state index contributed by atoms with van der Waals surface area (Å²) in [6, 6.07) is 13.0. The largest absolute Gasteiger partial charge is 0.459 e. The Kier molecular flexibility index (Phi) is 5.76. The van der Waals surface area contributed by atoms with Crippen LogP contribution in [0.1, 0.15) is 39.9 Å². The number of hydrogen-bond acceptors (Lipinski definition) is 4. The molecule has 1 aliphatic rings. The molecule has 0 saturated carbocycles. The Hall–Kier alpha value is -2.93. The van der Waals surface area contributed by atoms with Gasteiger partial charge in [0.25, 0.3) is 5.91 Å². The Balaban J connectivity index is 1.48. The van der Waals surface area contributed by atoms with E-state index in [0.29, 0.717) is 19.5 Å². The first-order chi connectivity index (χ1) is 14.1. The van der Waals surface area contributed by atoms with Crippen LogP contribution in [0, 0.1) is 11.7 Å². The van der Waals surface area contributed by atoms with E-state index in [1.54, 1.807) is 29.2 Å². The average Bonchev–Trinajstić information content (AvgIpc) is 3.46. The van der Waals surface area contributed by atoms with E-state index in [0.717, 1.165) is 16.9 Å². The first kappa shape index (κ1) is 19.4. The van der Waals surface area contributed by atoms with Crippen molar-refractivity contribution in [2.24, 2.45) is 5.92 Å². The lowest BCUT2D eigenvalue weighted by atomic mass is 9.95. The number of amides is 2. The van der Waals surface area contributed by atoms with Crippen LogP contribution < -0.4 is 5.32 Å². The highest BCUT2D eigenvalue weighted by atomic mass is 32.1. The quantitative estimate of drug-likeness (QED) is 0.682. The maximum atomic E-state index is 13.4. The van der Waals surface area contributed by atoms with Gasteiger partial charge in [-0.1, -0.05) is 18.2 Å². The van der Waals surface area contributed by atoms with E-state index in [4.69, 9.17) is 4.42 Å². The van der Waals surface area contributed by atoms with Crippen LogP contribution in [-0.2, 0) is 4.79 Å². The number of benzene rings is 1. The van der Waals surface area contributed by atoms with E-state index >= 15 is 0 Å².